The third kappa shape index (κ3) is 5.89. The number of methoxy groups -OCH3 is 1. The summed E-state index contributed by atoms with van der Waals surface area (Å²) in [6.07, 6.45) is 4.04. The van der Waals surface area contributed by atoms with Crippen molar-refractivity contribution in [2.24, 2.45) is 0 Å². The van der Waals surface area contributed by atoms with Crippen LogP contribution >= 0.6 is 39.3 Å². The lowest BCUT2D eigenvalue weighted by atomic mass is 10.1. The molecule has 29 heavy (non-hydrogen) atoms. The Balaban J connectivity index is 1.87. The monoisotopic (exact) mass is 487 g/mol. The first-order valence-corrected chi connectivity index (χ1v) is 11.0. The maximum atomic E-state index is 10.9. The third-order valence-electron chi connectivity index (χ3n) is 4.14. The molecule has 3 nitrogen and oxygen atoms in total. The number of nitrogens with one attached hydrogen (secondary N) is 1. The van der Waals surface area contributed by atoms with Crippen molar-refractivity contribution < 1.29 is 9.53 Å². The lowest BCUT2D eigenvalue weighted by Crippen LogP contribution is -1.97. The van der Waals surface area contributed by atoms with E-state index < -0.39 is 0 Å². The van der Waals surface area contributed by atoms with Crippen molar-refractivity contribution in [2.75, 3.05) is 12.4 Å². The summed E-state index contributed by atoms with van der Waals surface area (Å²) in [5, 5.41) is 3.94. The summed E-state index contributed by atoms with van der Waals surface area (Å²) in [5.41, 5.74) is 3.75. The maximum Gasteiger partial charge on any atom is 0.143 e. The third-order valence-corrected chi connectivity index (χ3v) is 6.40. The maximum absolute atomic E-state index is 10.9. The lowest BCUT2D eigenvalue weighted by molar-refractivity contribution is -0.104. The number of carbonyl (C=O) groups is 1. The minimum atomic E-state index is 0.577. The first kappa shape index (κ1) is 21.5. The Morgan fingerprint density at radius 2 is 1.90 bits per heavy atom. The number of rotatable bonds is 8. The number of hydrogen-bond donors (Lipinski definition) is 1. The molecule has 3 rings (SSSR count). The summed E-state index contributed by atoms with van der Waals surface area (Å²) < 4.78 is 6.22. The normalized spacial score (nSPS) is 10.9. The number of hydrogen-bond acceptors (Lipinski definition) is 4. The van der Waals surface area contributed by atoms with Crippen LogP contribution in [0, 0.1) is 0 Å². The zero-order valence-electron chi connectivity index (χ0n) is 15.7. The van der Waals surface area contributed by atoms with Crippen LogP contribution in [0.2, 0.25) is 5.02 Å². The van der Waals surface area contributed by atoms with Crippen LogP contribution < -0.4 is 10.1 Å². The Kier molecular flexibility index (Phi) is 7.81. The van der Waals surface area contributed by atoms with Gasteiger partial charge < -0.3 is 10.1 Å². The first-order valence-electron chi connectivity index (χ1n) is 8.83. The topological polar surface area (TPSA) is 38.3 Å². The number of ether oxygens (including phenoxy) is 1. The number of anilines is 2. The molecule has 0 aromatic heterocycles. The van der Waals surface area contributed by atoms with E-state index in [-0.39, 0.29) is 0 Å². The zero-order valence-corrected chi connectivity index (χ0v) is 18.9. The second-order valence-electron chi connectivity index (χ2n) is 6.11. The summed E-state index contributed by atoms with van der Waals surface area (Å²) in [4.78, 5) is 12.0. The first-order chi connectivity index (χ1) is 14.1. The van der Waals surface area contributed by atoms with Crippen LogP contribution in [-0.4, -0.2) is 13.4 Å². The number of allylic oxidation sites excluding steroid dienone is 1. The van der Waals surface area contributed by atoms with Gasteiger partial charge in [0.2, 0.25) is 0 Å². The molecule has 0 heterocycles. The Bertz CT molecular complexity index is 1020. The fraction of sp³-hybridized carbons (Fsp3) is 0.0870. The highest BCUT2D eigenvalue weighted by atomic mass is 79.9. The summed E-state index contributed by atoms with van der Waals surface area (Å²) >= 11 is 11.4. The fourth-order valence-corrected chi connectivity index (χ4v) is 4.09. The number of aldehydes is 1. The van der Waals surface area contributed by atoms with Crippen molar-refractivity contribution in [1.82, 2.24) is 0 Å². The van der Waals surface area contributed by atoms with E-state index in [2.05, 4.69) is 45.5 Å². The summed E-state index contributed by atoms with van der Waals surface area (Å²) in [5.74, 6) is 1.54. The highest BCUT2D eigenvalue weighted by molar-refractivity contribution is 9.10. The van der Waals surface area contributed by atoms with E-state index in [0.717, 1.165) is 38.3 Å². The van der Waals surface area contributed by atoms with Gasteiger partial charge in [-0.25, -0.2) is 0 Å². The molecule has 0 spiro atoms. The van der Waals surface area contributed by atoms with Gasteiger partial charge >= 0.3 is 0 Å². The van der Waals surface area contributed by atoms with Crippen molar-refractivity contribution >= 4 is 63.0 Å². The molecule has 0 saturated carbocycles. The van der Waals surface area contributed by atoms with Crippen molar-refractivity contribution in [1.29, 1.82) is 0 Å². The van der Waals surface area contributed by atoms with Crippen molar-refractivity contribution in [3.8, 4) is 5.75 Å². The molecule has 3 aromatic rings. The van der Waals surface area contributed by atoms with E-state index >= 15 is 0 Å². The molecule has 6 heteroatoms. The number of halogens is 2. The highest BCUT2D eigenvalue weighted by Gasteiger charge is 2.10. The average molecular weight is 489 g/mol. The molecule has 0 fully saturated rings. The molecular formula is C23H19BrClNO2S. The van der Waals surface area contributed by atoms with Crippen molar-refractivity contribution in [3.05, 3.63) is 87.4 Å². The zero-order chi connectivity index (χ0) is 20.6. The van der Waals surface area contributed by atoms with Gasteiger partial charge in [0.15, 0.2) is 0 Å². The van der Waals surface area contributed by atoms with E-state index in [4.69, 9.17) is 16.3 Å². The molecule has 0 aliphatic rings. The molecular weight excluding hydrogens is 470 g/mol. The number of benzene rings is 3. The van der Waals surface area contributed by atoms with Crippen LogP contribution in [0.4, 0.5) is 11.4 Å². The molecule has 1 N–H and O–H groups in total. The molecule has 0 saturated heterocycles. The molecule has 148 valence electrons. The van der Waals surface area contributed by atoms with Crippen LogP contribution in [0.5, 0.6) is 5.75 Å². The van der Waals surface area contributed by atoms with Crippen LogP contribution in [0.15, 0.2) is 76.1 Å². The van der Waals surface area contributed by atoms with E-state index in [1.54, 1.807) is 31.0 Å². The van der Waals surface area contributed by atoms with Crippen LogP contribution in [0.1, 0.15) is 11.1 Å². The van der Waals surface area contributed by atoms with Crippen LogP contribution in [0.25, 0.3) is 6.08 Å². The van der Waals surface area contributed by atoms with E-state index in [1.165, 1.54) is 11.6 Å². The average Bonchev–Trinajstić information content (AvgIpc) is 2.75. The molecule has 0 amide bonds. The van der Waals surface area contributed by atoms with Crippen LogP contribution in [-0.2, 0) is 10.5 Å². The Morgan fingerprint density at radius 3 is 2.62 bits per heavy atom. The van der Waals surface area contributed by atoms with Gasteiger partial charge in [-0.15, -0.1) is 11.8 Å². The molecule has 0 aliphatic carbocycles. The van der Waals surface area contributed by atoms with Crippen LogP contribution in [0.3, 0.4) is 0 Å². The summed E-state index contributed by atoms with van der Waals surface area (Å²) in [7, 11) is 1.61. The predicted octanol–water partition coefficient (Wildman–Crippen LogP) is 7.36. The molecule has 0 bridgehead atoms. The number of carbonyl (C=O) groups excluding carboxylic acids is 1. The van der Waals surface area contributed by atoms with Gasteiger partial charge in [0, 0.05) is 20.8 Å². The highest BCUT2D eigenvalue weighted by Crippen LogP contribution is 2.37. The summed E-state index contributed by atoms with van der Waals surface area (Å²) in [6.45, 7) is 0. The minimum absolute atomic E-state index is 0.577. The summed E-state index contributed by atoms with van der Waals surface area (Å²) in [6, 6.07) is 20.0. The SMILES string of the molecule is COc1cc(Br)c(Cl)cc1Nc1ccc(SCc2ccccc2)cc1/C=C/C=O. The van der Waals surface area contributed by atoms with Gasteiger partial charge in [-0.2, -0.15) is 0 Å². The van der Waals surface area contributed by atoms with Gasteiger partial charge in [-0.05, 0) is 69.5 Å². The lowest BCUT2D eigenvalue weighted by Gasteiger charge is -2.15. The smallest absolute Gasteiger partial charge is 0.143 e. The Hall–Kier alpha value is -2.21. The fourth-order valence-electron chi connectivity index (χ4n) is 2.71. The number of thioether (sulfide) groups is 1. The molecule has 0 atom stereocenters. The predicted molar refractivity (Wildman–Crippen MR) is 127 cm³/mol. The Labute approximate surface area is 188 Å². The Morgan fingerprint density at radius 1 is 1.10 bits per heavy atom. The van der Waals surface area contributed by atoms with Gasteiger partial charge in [0.25, 0.3) is 0 Å². The molecule has 0 unspecified atom stereocenters. The van der Waals surface area contributed by atoms with Gasteiger partial charge in [-0.3, -0.25) is 4.79 Å². The second-order valence-corrected chi connectivity index (χ2v) is 8.42. The van der Waals surface area contributed by atoms with Gasteiger partial charge in [0.1, 0.15) is 12.0 Å². The van der Waals surface area contributed by atoms with E-state index in [1.807, 2.05) is 30.3 Å². The second kappa shape index (κ2) is 10.5. The largest absolute Gasteiger partial charge is 0.495 e. The minimum Gasteiger partial charge on any atom is -0.495 e. The van der Waals surface area contributed by atoms with Crippen molar-refractivity contribution in [3.63, 3.8) is 0 Å². The molecule has 0 aliphatic heterocycles. The van der Waals surface area contributed by atoms with E-state index in [9.17, 15) is 4.79 Å². The standard InChI is InChI=1S/C23H19BrClNO2S/c1-28-23-13-19(24)20(25)14-22(23)26-21-10-9-18(12-17(21)8-5-11-27)29-15-16-6-3-2-4-7-16/h2-14,26H,15H2,1H3/b8-5+. The van der Waals surface area contributed by atoms with E-state index in [0.29, 0.717) is 10.8 Å². The van der Waals surface area contributed by atoms with Crippen molar-refractivity contribution in [2.45, 2.75) is 10.6 Å². The quantitative estimate of drug-likeness (QED) is 0.204. The molecule has 3 aromatic carbocycles. The molecule has 0 radical (unpaired) electrons. The van der Waals surface area contributed by atoms with Gasteiger partial charge in [-0.1, -0.05) is 41.9 Å². The van der Waals surface area contributed by atoms with Gasteiger partial charge in [0.05, 0.1) is 17.8 Å².